The summed E-state index contributed by atoms with van der Waals surface area (Å²) in [6.45, 7) is 4.42. The number of hydrogen-bond acceptors (Lipinski definition) is 3. The van der Waals surface area contributed by atoms with E-state index in [-0.39, 0.29) is 10.8 Å². The van der Waals surface area contributed by atoms with Gasteiger partial charge in [-0.2, -0.15) is 0 Å². The average Bonchev–Trinajstić information content (AvgIpc) is 2.92. The Morgan fingerprint density at radius 1 is 1.08 bits per heavy atom. The first-order chi connectivity index (χ1) is 11.4. The Morgan fingerprint density at radius 3 is 2.50 bits per heavy atom. The number of carbonyl (C=O) groups excluding carboxylic acids is 1. The zero-order chi connectivity index (χ0) is 17.3. The highest BCUT2D eigenvalue weighted by Crippen LogP contribution is 2.28. The molecule has 1 fully saturated rings. The Balaban J connectivity index is 1.89. The van der Waals surface area contributed by atoms with Crippen molar-refractivity contribution >= 4 is 27.3 Å². The van der Waals surface area contributed by atoms with Crippen molar-refractivity contribution in [2.45, 2.75) is 31.6 Å². The van der Waals surface area contributed by atoms with E-state index in [2.05, 4.69) is 4.72 Å². The number of hydrogen-bond donors (Lipinski definition) is 1. The number of anilines is 2. The molecule has 1 amide bonds. The van der Waals surface area contributed by atoms with Crippen molar-refractivity contribution in [2.24, 2.45) is 0 Å². The second-order valence-electron chi connectivity index (χ2n) is 6.07. The average molecular weight is 344 g/mol. The quantitative estimate of drug-likeness (QED) is 0.926. The molecule has 6 heteroatoms. The third-order valence-corrected chi connectivity index (χ3v) is 5.49. The maximum atomic E-state index is 12.6. The maximum absolute atomic E-state index is 12.6. The summed E-state index contributed by atoms with van der Waals surface area (Å²) in [6.07, 6.45) is 1.39. The van der Waals surface area contributed by atoms with Crippen LogP contribution < -0.4 is 9.62 Å². The van der Waals surface area contributed by atoms with Gasteiger partial charge in [-0.05, 0) is 61.7 Å². The lowest BCUT2D eigenvalue weighted by Gasteiger charge is -2.19. The van der Waals surface area contributed by atoms with Crippen LogP contribution in [0.25, 0.3) is 0 Å². The van der Waals surface area contributed by atoms with Gasteiger partial charge in [-0.15, -0.1) is 0 Å². The molecule has 1 saturated heterocycles. The van der Waals surface area contributed by atoms with Gasteiger partial charge in [-0.1, -0.05) is 12.1 Å². The van der Waals surface area contributed by atoms with Crippen LogP contribution in [0.2, 0.25) is 0 Å². The molecule has 1 heterocycles. The van der Waals surface area contributed by atoms with Gasteiger partial charge in [0.25, 0.3) is 10.0 Å². The first-order valence-electron chi connectivity index (χ1n) is 7.87. The molecule has 0 aromatic heterocycles. The van der Waals surface area contributed by atoms with Crippen molar-refractivity contribution in [3.63, 3.8) is 0 Å². The topological polar surface area (TPSA) is 66.5 Å². The number of rotatable bonds is 4. The highest BCUT2D eigenvalue weighted by atomic mass is 32.2. The highest BCUT2D eigenvalue weighted by Gasteiger charge is 2.24. The number of nitrogens with one attached hydrogen (secondary N) is 1. The summed E-state index contributed by atoms with van der Waals surface area (Å²) in [4.78, 5) is 13.8. The van der Waals surface area contributed by atoms with Crippen LogP contribution in [-0.2, 0) is 14.8 Å². The Bertz CT molecular complexity index is 891. The number of carbonyl (C=O) groups is 1. The second-order valence-corrected chi connectivity index (χ2v) is 7.75. The first kappa shape index (κ1) is 16.5. The molecule has 2 aromatic rings. The lowest BCUT2D eigenvalue weighted by Crippen LogP contribution is -2.24. The predicted octanol–water partition coefficient (Wildman–Crippen LogP) is 3.23. The van der Waals surface area contributed by atoms with E-state index in [0.717, 1.165) is 23.2 Å². The summed E-state index contributed by atoms with van der Waals surface area (Å²) < 4.78 is 27.7. The summed E-state index contributed by atoms with van der Waals surface area (Å²) in [7, 11) is -3.66. The molecule has 0 unspecified atom stereocenters. The van der Waals surface area contributed by atoms with Crippen LogP contribution in [0.15, 0.2) is 47.4 Å². The molecule has 3 rings (SSSR count). The molecule has 1 N–H and O–H groups in total. The number of nitrogens with zero attached hydrogens (tertiary/aromatic N) is 1. The van der Waals surface area contributed by atoms with E-state index in [9.17, 15) is 13.2 Å². The van der Waals surface area contributed by atoms with Crippen molar-refractivity contribution in [1.82, 2.24) is 0 Å². The minimum Gasteiger partial charge on any atom is -0.312 e. The summed E-state index contributed by atoms with van der Waals surface area (Å²) in [6, 6.07) is 12.1. The van der Waals surface area contributed by atoms with Gasteiger partial charge in [0.1, 0.15) is 0 Å². The van der Waals surface area contributed by atoms with E-state index < -0.39 is 10.0 Å². The Labute approximate surface area is 142 Å². The van der Waals surface area contributed by atoms with Crippen LogP contribution in [0.3, 0.4) is 0 Å². The fraction of sp³-hybridized carbons (Fsp3) is 0.278. The van der Waals surface area contributed by atoms with Gasteiger partial charge < -0.3 is 4.90 Å². The third kappa shape index (κ3) is 3.28. The van der Waals surface area contributed by atoms with E-state index in [1.165, 1.54) is 0 Å². The van der Waals surface area contributed by atoms with Crippen molar-refractivity contribution in [2.75, 3.05) is 16.2 Å². The monoisotopic (exact) mass is 344 g/mol. The molecule has 24 heavy (non-hydrogen) atoms. The third-order valence-electron chi connectivity index (χ3n) is 4.11. The van der Waals surface area contributed by atoms with Crippen LogP contribution >= 0.6 is 0 Å². The summed E-state index contributed by atoms with van der Waals surface area (Å²) >= 11 is 0. The Kier molecular flexibility index (Phi) is 4.32. The Morgan fingerprint density at radius 2 is 1.88 bits per heavy atom. The highest BCUT2D eigenvalue weighted by molar-refractivity contribution is 7.92. The van der Waals surface area contributed by atoms with Crippen molar-refractivity contribution in [3.8, 4) is 0 Å². The summed E-state index contributed by atoms with van der Waals surface area (Å²) in [5, 5.41) is 0. The van der Waals surface area contributed by atoms with Gasteiger partial charge >= 0.3 is 0 Å². The predicted molar refractivity (Wildman–Crippen MR) is 94.8 cm³/mol. The van der Waals surface area contributed by atoms with Crippen LogP contribution in [0.5, 0.6) is 0 Å². The van der Waals surface area contributed by atoms with Gasteiger partial charge in [0, 0.05) is 24.3 Å². The van der Waals surface area contributed by atoms with Crippen LogP contribution in [-0.4, -0.2) is 20.9 Å². The van der Waals surface area contributed by atoms with Crippen LogP contribution in [0, 0.1) is 13.8 Å². The van der Waals surface area contributed by atoms with Crippen molar-refractivity contribution < 1.29 is 13.2 Å². The number of amides is 1. The molecule has 0 aliphatic carbocycles. The van der Waals surface area contributed by atoms with Crippen molar-refractivity contribution in [3.05, 3.63) is 53.6 Å². The van der Waals surface area contributed by atoms with Crippen molar-refractivity contribution in [1.29, 1.82) is 0 Å². The molecule has 0 bridgehead atoms. The minimum atomic E-state index is -3.66. The normalized spacial score (nSPS) is 14.9. The second kappa shape index (κ2) is 6.28. The smallest absolute Gasteiger partial charge is 0.261 e. The standard InChI is InChI=1S/C18H20N2O3S/c1-13-5-3-6-15(11-13)19-24(22,23)16-8-9-17(14(2)12-16)20-10-4-7-18(20)21/h3,5-6,8-9,11-12,19H,4,7,10H2,1-2H3. The van der Waals surface area contributed by atoms with Gasteiger partial charge in [-0.25, -0.2) is 8.42 Å². The van der Waals surface area contributed by atoms with Gasteiger partial charge in [0.2, 0.25) is 5.91 Å². The molecule has 1 aliphatic heterocycles. The zero-order valence-electron chi connectivity index (χ0n) is 13.7. The number of benzene rings is 2. The largest absolute Gasteiger partial charge is 0.312 e. The summed E-state index contributed by atoms with van der Waals surface area (Å²) in [5.74, 6) is 0.0894. The van der Waals surface area contributed by atoms with Crippen LogP contribution in [0.1, 0.15) is 24.0 Å². The van der Waals surface area contributed by atoms with Crippen LogP contribution in [0.4, 0.5) is 11.4 Å². The van der Waals surface area contributed by atoms with Gasteiger partial charge in [0.05, 0.1) is 4.90 Å². The molecule has 126 valence electrons. The maximum Gasteiger partial charge on any atom is 0.261 e. The summed E-state index contributed by atoms with van der Waals surface area (Å²) in [5.41, 5.74) is 3.07. The fourth-order valence-electron chi connectivity index (χ4n) is 2.92. The van der Waals surface area contributed by atoms with E-state index in [0.29, 0.717) is 18.7 Å². The number of sulfonamides is 1. The molecular weight excluding hydrogens is 324 g/mol. The molecule has 0 atom stereocenters. The fourth-order valence-corrected chi connectivity index (χ4v) is 4.06. The molecule has 5 nitrogen and oxygen atoms in total. The lowest BCUT2D eigenvalue weighted by molar-refractivity contribution is -0.117. The minimum absolute atomic E-state index is 0.0894. The molecular formula is C18H20N2O3S. The first-order valence-corrected chi connectivity index (χ1v) is 9.36. The number of aryl methyl sites for hydroxylation is 2. The molecule has 0 radical (unpaired) electrons. The molecule has 0 spiro atoms. The van der Waals surface area contributed by atoms with E-state index >= 15 is 0 Å². The van der Waals surface area contributed by atoms with Gasteiger partial charge in [0.15, 0.2) is 0 Å². The SMILES string of the molecule is Cc1cccc(NS(=O)(=O)c2ccc(N3CCCC3=O)c(C)c2)c1. The molecule has 2 aromatic carbocycles. The molecule has 1 aliphatic rings. The van der Waals surface area contributed by atoms with E-state index in [4.69, 9.17) is 0 Å². The zero-order valence-corrected chi connectivity index (χ0v) is 14.6. The molecule has 0 saturated carbocycles. The van der Waals surface area contributed by atoms with E-state index in [1.54, 1.807) is 41.3 Å². The Hall–Kier alpha value is -2.34. The van der Waals surface area contributed by atoms with E-state index in [1.807, 2.05) is 19.9 Å². The van der Waals surface area contributed by atoms with Gasteiger partial charge in [-0.3, -0.25) is 9.52 Å². The lowest BCUT2D eigenvalue weighted by atomic mass is 10.2.